The SMILES string of the molecule is O=C(Nc1cnc2[nH]ccc2c1C1CCCCCCCC1)C1CCCCCCC1. The van der Waals surface area contributed by atoms with E-state index in [1.165, 1.54) is 94.4 Å². The van der Waals surface area contributed by atoms with Crippen LogP contribution in [0.1, 0.15) is 108 Å². The molecule has 2 saturated carbocycles. The lowest BCUT2D eigenvalue weighted by Gasteiger charge is -2.24. The third-order valence-corrected chi connectivity index (χ3v) is 7.13. The lowest BCUT2D eigenvalue weighted by Crippen LogP contribution is -2.24. The molecule has 0 aliphatic heterocycles. The van der Waals surface area contributed by atoms with Gasteiger partial charge in [0.05, 0.1) is 11.9 Å². The highest BCUT2D eigenvalue weighted by molar-refractivity contribution is 5.96. The summed E-state index contributed by atoms with van der Waals surface area (Å²) in [4.78, 5) is 21.1. The van der Waals surface area contributed by atoms with Crippen molar-refractivity contribution in [1.82, 2.24) is 9.97 Å². The lowest BCUT2D eigenvalue weighted by molar-refractivity contribution is -0.120. The number of anilines is 1. The van der Waals surface area contributed by atoms with Crippen molar-refractivity contribution in [2.24, 2.45) is 5.92 Å². The molecule has 4 nitrogen and oxygen atoms in total. The van der Waals surface area contributed by atoms with Crippen molar-refractivity contribution < 1.29 is 4.79 Å². The highest BCUT2D eigenvalue weighted by atomic mass is 16.1. The number of carbonyl (C=O) groups is 1. The van der Waals surface area contributed by atoms with E-state index in [4.69, 9.17) is 0 Å². The molecular formula is C25H37N3O. The van der Waals surface area contributed by atoms with Crippen molar-refractivity contribution >= 4 is 22.6 Å². The summed E-state index contributed by atoms with van der Waals surface area (Å²) in [6.07, 6.45) is 22.6. The van der Waals surface area contributed by atoms with Crippen molar-refractivity contribution in [2.75, 3.05) is 5.32 Å². The Balaban J connectivity index is 1.59. The Hall–Kier alpha value is -1.84. The first-order chi connectivity index (χ1) is 14.3. The Morgan fingerprint density at radius 2 is 1.45 bits per heavy atom. The minimum Gasteiger partial charge on any atom is -0.346 e. The van der Waals surface area contributed by atoms with Crippen LogP contribution in [0.4, 0.5) is 5.69 Å². The number of carbonyl (C=O) groups excluding carboxylic acids is 1. The lowest BCUT2D eigenvalue weighted by atomic mass is 9.86. The fourth-order valence-corrected chi connectivity index (χ4v) is 5.44. The molecule has 2 N–H and O–H groups in total. The maximum Gasteiger partial charge on any atom is 0.227 e. The van der Waals surface area contributed by atoms with Crippen LogP contribution in [-0.2, 0) is 4.79 Å². The second-order valence-corrected chi connectivity index (χ2v) is 9.25. The van der Waals surface area contributed by atoms with Gasteiger partial charge < -0.3 is 10.3 Å². The van der Waals surface area contributed by atoms with Crippen LogP contribution < -0.4 is 5.32 Å². The van der Waals surface area contributed by atoms with Crippen LogP contribution in [0.3, 0.4) is 0 Å². The monoisotopic (exact) mass is 395 g/mol. The van der Waals surface area contributed by atoms with E-state index in [9.17, 15) is 4.79 Å². The predicted molar refractivity (Wildman–Crippen MR) is 120 cm³/mol. The molecule has 0 radical (unpaired) electrons. The highest BCUT2D eigenvalue weighted by Crippen LogP contribution is 2.38. The number of fused-ring (bicyclic) bond motifs is 1. The number of nitrogens with zero attached hydrogens (tertiary/aromatic N) is 1. The quantitative estimate of drug-likeness (QED) is 0.583. The van der Waals surface area contributed by atoms with Crippen molar-refractivity contribution in [3.63, 3.8) is 0 Å². The van der Waals surface area contributed by atoms with Crippen LogP contribution in [0, 0.1) is 5.92 Å². The van der Waals surface area contributed by atoms with Crippen molar-refractivity contribution in [3.05, 3.63) is 24.0 Å². The zero-order valence-electron chi connectivity index (χ0n) is 17.8. The summed E-state index contributed by atoms with van der Waals surface area (Å²) in [5.74, 6) is 0.889. The van der Waals surface area contributed by atoms with E-state index in [2.05, 4.69) is 21.4 Å². The van der Waals surface area contributed by atoms with Gasteiger partial charge in [0.15, 0.2) is 0 Å². The van der Waals surface area contributed by atoms with E-state index in [0.717, 1.165) is 24.2 Å². The Morgan fingerprint density at radius 3 is 2.10 bits per heavy atom. The molecule has 2 fully saturated rings. The van der Waals surface area contributed by atoms with Crippen LogP contribution in [0.15, 0.2) is 18.5 Å². The first-order valence-electron chi connectivity index (χ1n) is 12.1. The highest BCUT2D eigenvalue weighted by Gasteiger charge is 2.24. The second-order valence-electron chi connectivity index (χ2n) is 9.25. The standard InChI is InChI=1S/C25H37N3O/c29-25(20-14-10-6-3-7-11-15-20)28-22-18-27-24-21(16-17-26-24)23(22)19-12-8-4-1-2-5-9-13-19/h16-20H,1-15H2,(H,26,27)(H,28,29). The van der Waals surface area contributed by atoms with Crippen molar-refractivity contribution in [1.29, 1.82) is 0 Å². The van der Waals surface area contributed by atoms with Gasteiger partial charge in [0.1, 0.15) is 5.65 Å². The summed E-state index contributed by atoms with van der Waals surface area (Å²) in [5, 5.41) is 4.54. The van der Waals surface area contributed by atoms with Crippen molar-refractivity contribution in [2.45, 2.75) is 102 Å². The van der Waals surface area contributed by atoms with Gasteiger partial charge in [-0.25, -0.2) is 4.98 Å². The van der Waals surface area contributed by atoms with Gasteiger partial charge in [0, 0.05) is 17.5 Å². The molecule has 0 bridgehead atoms. The topological polar surface area (TPSA) is 57.8 Å². The smallest absolute Gasteiger partial charge is 0.227 e. The summed E-state index contributed by atoms with van der Waals surface area (Å²) in [6, 6.07) is 2.15. The van der Waals surface area contributed by atoms with Crippen LogP contribution in [0.5, 0.6) is 0 Å². The molecule has 2 aromatic heterocycles. The summed E-state index contributed by atoms with van der Waals surface area (Å²) >= 11 is 0. The van der Waals surface area contributed by atoms with Crippen LogP contribution >= 0.6 is 0 Å². The first-order valence-corrected chi connectivity index (χ1v) is 12.1. The maximum absolute atomic E-state index is 13.2. The van der Waals surface area contributed by atoms with E-state index in [1.54, 1.807) is 0 Å². The third-order valence-electron chi connectivity index (χ3n) is 7.13. The number of nitrogens with one attached hydrogen (secondary N) is 2. The molecule has 4 heteroatoms. The number of hydrogen-bond donors (Lipinski definition) is 2. The minimum atomic E-state index is 0.158. The Kier molecular flexibility index (Phi) is 7.23. The normalized spacial score (nSPS) is 21.0. The molecule has 0 spiro atoms. The molecule has 2 aliphatic rings. The number of H-pyrrole nitrogens is 1. The number of amides is 1. The van der Waals surface area contributed by atoms with Gasteiger partial charge in [0.25, 0.3) is 0 Å². The zero-order valence-corrected chi connectivity index (χ0v) is 17.8. The molecule has 2 aliphatic carbocycles. The summed E-state index contributed by atoms with van der Waals surface area (Å²) < 4.78 is 0. The van der Waals surface area contributed by atoms with E-state index < -0.39 is 0 Å². The largest absolute Gasteiger partial charge is 0.346 e. The fourth-order valence-electron chi connectivity index (χ4n) is 5.44. The van der Waals surface area contributed by atoms with Gasteiger partial charge in [-0.2, -0.15) is 0 Å². The molecule has 1 amide bonds. The average molecular weight is 396 g/mol. The molecule has 4 rings (SSSR count). The molecule has 0 atom stereocenters. The fraction of sp³-hybridized carbons (Fsp3) is 0.680. The minimum absolute atomic E-state index is 0.158. The predicted octanol–water partition coefficient (Wildman–Crippen LogP) is 7.08. The number of hydrogen-bond acceptors (Lipinski definition) is 2. The average Bonchev–Trinajstić information content (AvgIpc) is 3.20. The Morgan fingerprint density at radius 1 is 0.862 bits per heavy atom. The molecular weight excluding hydrogens is 358 g/mol. The number of rotatable bonds is 3. The number of pyridine rings is 1. The molecule has 0 unspecified atom stereocenters. The summed E-state index contributed by atoms with van der Waals surface area (Å²) in [7, 11) is 0. The van der Waals surface area contributed by atoms with Gasteiger partial charge in [0.2, 0.25) is 5.91 Å². The number of aromatic amines is 1. The molecule has 0 saturated heterocycles. The molecule has 2 aromatic rings. The van der Waals surface area contributed by atoms with Gasteiger partial charge >= 0.3 is 0 Å². The van der Waals surface area contributed by atoms with E-state index in [0.29, 0.717) is 5.92 Å². The van der Waals surface area contributed by atoms with Gasteiger partial charge in [-0.3, -0.25) is 4.79 Å². The molecule has 0 aromatic carbocycles. The van der Waals surface area contributed by atoms with Crippen molar-refractivity contribution in [3.8, 4) is 0 Å². The molecule has 158 valence electrons. The van der Waals surface area contributed by atoms with Gasteiger partial charge in [-0.15, -0.1) is 0 Å². The van der Waals surface area contributed by atoms with Crippen LogP contribution in [0.2, 0.25) is 0 Å². The third kappa shape index (κ3) is 5.21. The second kappa shape index (κ2) is 10.3. The Bertz CT molecular complexity index is 778. The zero-order chi connectivity index (χ0) is 19.9. The molecule has 2 heterocycles. The van der Waals surface area contributed by atoms with Crippen LogP contribution in [0.25, 0.3) is 11.0 Å². The van der Waals surface area contributed by atoms with Gasteiger partial charge in [-0.05, 0) is 43.2 Å². The van der Waals surface area contributed by atoms with E-state index >= 15 is 0 Å². The van der Waals surface area contributed by atoms with E-state index in [1.807, 2.05) is 12.4 Å². The van der Waals surface area contributed by atoms with E-state index in [-0.39, 0.29) is 11.8 Å². The van der Waals surface area contributed by atoms with Gasteiger partial charge in [-0.1, -0.05) is 70.6 Å². The molecule has 29 heavy (non-hydrogen) atoms. The maximum atomic E-state index is 13.2. The summed E-state index contributed by atoms with van der Waals surface area (Å²) in [6.45, 7) is 0. The number of aromatic nitrogens is 2. The Labute approximate surface area is 175 Å². The first kappa shape index (κ1) is 20.4. The summed E-state index contributed by atoms with van der Waals surface area (Å²) in [5.41, 5.74) is 3.24. The van der Waals surface area contributed by atoms with Crippen LogP contribution in [-0.4, -0.2) is 15.9 Å².